The van der Waals surface area contributed by atoms with Crippen molar-refractivity contribution in [3.8, 4) is 5.75 Å². The van der Waals surface area contributed by atoms with E-state index in [1.165, 1.54) is 0 Å². The van der Waals surface area contributed by atoms with Crippen LogP contribution >= 0.6 is 0 Å². The van der Waals surface area contributed by atoms with Gasteiger partial charge in [0.2, 0.25) is 0 Å². The first-order chi connectivity index (χ1) is 6.83. The monoisotopic (exact) mass is 187 g/mol. The van der Waals surface area contributed by atoms with E-state index in [9.17, 15) is 5.11 Å². The molecule has 0 atom stereocenters. The number of aromatic hydroxyl groups is 1. The fourth-order valence-electron chi connectivity index (χ4n) is 1.67. The Morgan fingerprint density at radius 1 is 1.29 bits per heavy atom. The molecule has 1 heterocycles. The summed E-state index contributed by atoms with van der Waals surface area (Å²) in [5, 5.41) is 11.8. The molecule has 2 aromatic rings. The maximum atomic E-state index is 9.95. The predicted molar refractivity (Wildman–Crippen MR) is 57.4 cm³/mol. The number of benzene rings is 1. The molecule has 0 spiro atoms. The van der Waals surface area contributed by atoms with Crippen LogP contribution in [0, 0.1) is 0 Å². The Balaban J connectivity index is 2.63. The van der Waals surface area contributed by atoms with E-state index in [0.717, 1.165) is 29.2 Å². The number of rotatable bonds is 2. The van der Waals surface area contributed by atoms with Gasteiger partial charge in [0.05, 0.1) is 0 Å². The van der Waals surface area contributed by atoms with Gasteiger partial charge in [-0.3, -0.25) is 4.98 Å². The van der Waals surface area contributed by atoms with Crippen molar-refractivity contribution in [2.45, 2.75) is 19.8 Å². The molecule has 2 heteroatoms. The number of hydrogen-bond acceptors (Lipinski definition) is 2. The van der Waals surface area contributed by atoms with E-state index in [1.54, 1.807) is 12.4 Å². The second kappa shape index (κ2) is 3.66. The van der Waals surface area contributed by atoms with Gasteiger partial charge in [0.15, 0.2) is 0 Å². The average molecular weight is 187 g/mol. The maximum absolute atomic E-state index is 9.95. The molecule has 0 aliphatic rings. The summed E-state index contributed by atoms with van der Waals surface area (Å²) in [6.07, 6.45) is 5.44. The minimum atomic E-state index is 0.409. The third-order valence-electron chi connectivity index (χ3n) is 2.39. The molecule has 14 heavy (non-hydrogen) atoms. The van der Waals surface area contributed by atoms with Gasteiger partial charge in [-0.2, -0.15) is 0 Å². The molecule has 0 fully saturated rings. The first-order valence-electron chi connectivity index (χ1n) is 4.87. The van der Waals surface area contributed by atoms with Crippen molar-refractivity contribution < 1.29 is 5.11 Å². The highest BCUT2D eigenvalue weighted by Gasteiger charge is 2.04. The van der Waals surface area contributed by atoms with Gasteiger partial charge in [-0.05, 0) is 18.1 Å². The molecule has 2 rings (SSSR count). The summed E-state index contributed by atoms with van der Waals surface area (Å²) in [5.74, 6) is 0.409. The summed E-state index contributed by atoms with van der Waals surface area (Å²) in [5.41, 5.74) is 1.02. The van der Waals surface area contributed by atoms with Gasteiger partial charge in [0.1, 0.15) is 5.75 Å². The quantitative estimate of drug-likeness (QED) is 0.784. The van der Waals surface area contributed by atoms with E-state index in [2.05, 4.69) is 11.9 Å². The lowest BCUT2D eigenvalue weighted by molar-refractivity contribution is 0.474. The summed E-state index contributed by atoms with van der Waals surface area (Å²) in [6.45, 7) is 2.11. The van der Waals surface area contributed by atoms with Gasteiger partial charge < -0.3 is 5.11 Å². The number of hydrogen-bond donors (Lipinski definition) is 1. The molecule has 1 N–H and O–H groups in total. The van der Waals surface area contributed by atoms with Gasteiger partial charge in [-0.25, -0.2) is 0 Å². The van der Waals surface area contributed by atoms with E-state index in [4.69, 9.17) is 0 Å². The molecule has 0 aliphatic heterocycles. The zero-order chi connectivity index (χ0) is 9.97. The first kappa shape index (κ1) is 9.00. The summed E-state index contributed by atoms with van der Waals surface area (Å²) in [7, 11) is 0. The molecule has 2 nitrogen and oxygen atoms in total. The molecular weight excluding hydrogens is 174 g/mol. The normalized spacial score (nSPS) is 10.6. The summed E-state index contributed by atoms with van der Waals surface area (Å²) < 4.78 is 0. The van der Waals surface area contributed by atoms with Crippen LogP contribution in [0.1, 0.15) is 18.9 Å². The van der Waals surface area contributed by atoms with Crippen molar-refractivity contribution in [1.29, 1.82) is 0 Å². The van der Waals surface area contributed by atoms with Crippen molar-refractivity contribution in [3.63, 3.8) is 0 Å². The number of fused-ring (bicyclic) bond motifs is 1. The molecule has 0 bridgehead atoms. The summed E-state index contributed by atoms with van der Waals surface area (Å²) >= 11 is 0. The first-order valence-corrected chi connectivity index (χ1v) is 4.87. The molecule has 72 valence electrons. The number of phenols is 1. The van der Waals surface area contributed by atoms with Crippen LogP contribution in [0.25, 0.3) is 10.8 Å². The lowest BCUT2D eigenvalue weighted by Gasteiger charge is -2.05. The van der Waals surface area contributed by atoms with Crippen molar-refractivity contribution in [2.75, 3.05) is 0 Å². The highest BCUT2D eigenvalue weighted by atomic mass is 16.3. The number of nitrogens with zero attached hydrogens (tertiary/aromatic N) is 1. The Kier molecular flexibility index (Phi) is 2.35. The van der Waals surface area contributed by atoms with Gasteiger partial charge >= 0.3 is 0 Å². The fourth-order valence-corrected chi connectivity index (χ4v) is 1.67. The van der Waals surface area contributed by atoms with E-state index in [-0.39, 0.29) is 0 Å². The van der Waals surface area contributed by atoms with E-state index >= 15 is 0 Å². The smallest absolute Gasteiger partial charge is 0.126 e. The van der Waals surface area contributed by atoms with Gasteiger partial charge in [-0.1, -0.05) is 25.5 Å². The molecule has 0 aliphatic carbocycles. The van der Waals surface area contributed by atoms with Gasteiger partial charge in [-0.15, -0.1) is 0 Å². The number of aromatic nitrogens is 1. The van der Waals surface area contributed by atoms with Crippen molar-refractivity contribution in [2.24, 2.45) is 0 Å². The van der Waals surface area contributed by atoms with Crippen LogP contribution in [0.3, 0.4) is 0 Å². The molecule has 0 radical (unpaired) electrons. The van der Waals surface area contributed by atoms with E-state index in [0.29, 0.717) is 5.75 Å². The third-order valence-corrected chi connectivity index (χ3v) is 2.39. The third kappa shape index (κ3) is 1.43. The average Bonchev–Trinajstić information content (AvgIpc) is 2.23. The minimum absolute atomic E-state index is 0.409. The Bertz CT molecular complexity index is 451. The summed E-state index contributed by atoms with van der Waals surface area (Å²) in [4.78, 5) is 4.02. The molecule has 1 aromatic carbocycles. The lowest BCUT2D eigenvalue weighted by Crippen LogP contribution is -1.86. The minimum Gasteiger partial charge on any atom is -0.507 e. The number of phenolic OH excluding ortho intramolecular Hbond substituents is 1. The zero-order valence-electron chi connectivity index (χ0n) is 8.20. The predicted octanol–water partition coefficient (Wildman–Crippen LogP) is 2.89. The van der Waals surface area contributed by atoms with Gasteiger partial charge in [0.25, 0.3) is 0 Å². The van der Waals surface area contributed by atoms with Crippen LogP contribution in [0.15, 0.2) is 30.6 Å². The maximum Gasteiger partial charge on any atom is 0.126 e. The standard InChI is InChI=1S/C12H13NO/c1-2-3-9-4-5-10-8-13-7-6-11(10)12(9)14/h4-8,14H,2-3H2,1H3. The second-order valence-electron chi connectivity index (χ2n) is 3.42. The molecule has 1 aromatic heterocycles. The van der Waals surface area contributed by atoms with Gasteiger partial charge in [0, 0.05) is 23.2 Å². The second-order valence-corrected chi connectivity index (χ2v) is 3.42. The van der Waals surface area contributed by atoms with Crippen LogP contribution in [0.2, 0.25) is 0 Å². The molecule has 0 saturated heterocycles. The van der Waals surface area contributed by atoms with Crippen LogP contribution in [-0.4, -0.2) is 10.1 Å². The highest BCUT2D eigenvalue weighted by Crippen LogP contribution is 2.28. The van der Waals surface area contributed by atoms with E-state index in [1.807, 2.05) is 18.2 Å². The molecule has 0 amide bonds. The Hall–Kier alpha value is -1.57. The number of aryl methyl sites for hydroxylation is 1. The van der Waals surface area contributed by atoms with Crippen LogP contribution in [0.5, 0.6) is 5.75 Å². The highest BCUT2D eigenvalue weighted by molar-refractivity contribution is 5.88. The van der Waals surface area contributed by atoms with E-state index < -0.39 is 0 Å². The Morgan fingerprint density at radius 2 is 2.14 bits per heavy atom. The molecule has 0 saturated carbocycles. The molecule has 0 unspecified atom stereocenters. The summed E-state index contributed by atoms with van der Waals surface area (Å²) in [6, 6.07) is 5.83. The largest absolute Gasteiger partial charge is 0.507 e. The SMILES string of the molecule is CCCc1ccc2cnccc2c1O. The van der Waals surface area contributed by atoms with Crippen LogP contribution in [-0.2, 0) is 6.42 Å². The number of pyridine rings is 1. The lowest BCUT2D eigenvalue weighted by atomic mass is 10.0. The zero-order valence-corrected chi connectivity index (χ0v) is 8.20. The van der Waals surface area contributed by atoms with Crippen LogP contribution in [0.4, 0.5) is 0 Å². The van der Waals surface area contributed by atoms with Crippen LogP contribution < -0.4 is 0 Å². The topological polar surface area (TPSA) is 33.1 Å². The van der Waals surface area contributed by atoms with Crippen molar-refractivity contribution in [1.82, 2.24) is 4.98 Å². The van der Waals surface area contributed by atoms with Crippen molar-refractivity contribution in [3.05, 3.63) is 36.2 Å². The Labute approximate surface area is 83.2 Å². The fraction of sp³-hybridized carbons (Fsp3) is 0.250. The Morgan fingerprint density at radius 3 is 2.93 bits per heavy atom. The van der Waals surface area contributed by atoms with Crippen molar-refractivity contribution >= 4 is 10.8 Å². The molecular formula is C12H13NO.